The topological polar surface area (TPSA) is 48.1 Å². The van der Waals surface area contributed by atoms with Crippen LogP contribution in [-0.4, -0.2) is 12.1 Å². The molecule has 0 aliphatic rings. The normalized spacial score (nSPS) is 10.7. The van der Waals surface area contributed by atoms with E-state index in [0.717, 1.165) is 5.56 Å². The highest BCUT2D eigenvalue weighted by Crippen LogP contribution is 2.11. The van der Waals surface area contributed by atoms with Crippen LogP contribution < -0.4 is 10.5 Å². The second-order valence-electron chi connectivity index (χ2n) is 2.42. The fourth-order valence-corrected chi connectivity index (χ4v) is 0.782. The molecule has 13 heavy (non-hydrogen) atoms. The lowest BCUT2D eigenvalue weighted by molar-refractivity contribution is 0.397. The number of pyridine rings is 1. The van der Waals surface area contributed by atoms with Gasteiger partial charge in [-0.05, 0) is 12.5 Å². The maximum Gasteiger partial charge on any atom is 0.212 e. The minimum Gasteiger partial charge on any atom is -0.481 e. The Kier molecular flexibility index (Phi) is 8.01. The zero-order valence-electron chi connectivity index (χ0n) is 7.56. The molecule has 1 atom stereocenters. The predicted molar refractivity (Wildman–Crippen MR) is 57.9 cm³/mol. The van der Waals surface area contributed by atoms with Crippen molar-refractivity contribution in [1.29, 1.82) is 0 Å². The van der Waals surface area contributed by atoms with Gasteiger partial charge in [0.15, 0.2) is 0 Å². The summed E-state index contributed by atoms with van der Waals surface area (Å²) >= 11 is 0. The summed E-state index contributed by atoms with van der Waals surface area (Å²) in [5.41, 5.74) is 6.64. The van der Waals surface area contributed by atoms with Crippen molar-refractivity contribution in [3.8, 4) is 5.88 Å². The molecule has 1 heterocycles. The average molecular weight is 225 g/mol. The van der Waals surface area contributed by atoms with Gasteiger partial charge >= 0.3 is 0 Å². The average Bonchev–Trinajstić information content (AvgIpc) is 2.05. The van der Waals surface area contributed by atoms with Gasteiger partial charge in [0.05, 0.1) is 7.11 Å². The maximum atomic E-state index is 5.62. The Morgan fingerprint density at radius 1 is 1.38 bits per heavy atom. The van der Waals surface area contributed by atoms with E-state index in [1.807, 2.05) is 13.0 Å². The van der Waals surface area contributed by atoms with Crippen molar-refractivity contribution in [2.75, 3.05) is 7.11 Å². The number of methoxy groups -OCH3 is 1. The van der Waals surface area contributed by atoms with Gasteiger partial charge in [-0.25, -0.2) is 4.98 Å². The number of halogens is 2. The van der Waals surface area contributed by atoms with Gasteiger partial charge in [-0.2, -0.15) is 0 Å². The van der Waals surface area contributed by atoms with Crippen molar-refractivity contribution in [2.24, 2.45) is 5.73 Å². The minimum atomic E-state index is 0. The Labute approximate surface area is 90.5 Å². The van der Waals surface area contributed by atoms with Gasteiger partial charge in [-0.1, -0.05) is 6.07 Å². The van der Waals surface area contributed by atoms with Crippen LogP contribution >= 0.6 is 24.8 Å². The molecule has 0 amide bonds. The van der Waals surface area contributed by atoms with E-state index < -0.39 is 0 Å². The van der Waals surface area contributed by atoms with Crippen molar-refractivity contribution >= 4 is 24.8 Å². The van der Waals surface area contributed by atoms with Gasteiger partial charge in [-0.15, -0.1) is 24.8 Å². The molecule has 0 aliphatic heterocycles. The van der Waals surface area contributed by atoms with E-state index in [-0.39, 0.29) is 30.9 Å². The van der Waals surface area contributed by atoms with Gasteiger partial charge < -0.3 is 10.5 Å². The number of hydrogen-bond acceptors (Lipinski definition) is 3. The highest BCUT2D eigenvalue weighted by atomic mass is 35.5. The summed E-state index contributed by atoms with van der Waals surface area (Å²) in [6.45, 7) is 1.92. The molecule has 76 valence electrons. The molecule has 0 unspecified atom stereocenters. The molecule has 0 aromatic carbocycles. The molecule has 5 heteroatoms. The van der Waals surface area contributed by atoms with Crippen LogP contribution in [0.5, 0.6) is 5.88 Å². The van der Waals surface area contributed by atoms with Crippen LogP contribution in [0.25, 0.3) is 0 Å². The Morgan fingerprint density at radius 2 is 2.00 bits per heavy atom. The molecule has 0 bridgehead atoms. The Morgan fingerprint density at radius 3 is 2.31 bits per heavy atom. The van der Waals surface area contributed by atoms with E-state index in [4.69, 9.17) is 10.5 Å². The van der Waals surface area contributed by atoms with E-state index in [1.165, 1.54) is 0 Å². The van der Waals surface area contributed by atoms with E-state index in [2.05, 4.69) is 4.98 Å². The number of hydrogen-bond donors (Lipinski definition) is 1. The van der Waals surface area contributed by atoms with Gasteiger partial charge in [-0.3, -0.25) is 0 Å². The standard InChI is InChI=1S/C8H12N2O.2ClH/c1-6(9)7-3-4-8(11-2)10-5-7;;/h3-6H,9H2,1-2H3;2*1H/t6-;;/m1../s1. The summed E-state index contributed by atoms with van der Waals surface area (Å²) < 4.78 is 4.90. The number of ether oxygens (including phenoxy) is 1. The maximum absolute atomic E-state index is 5.62. The van der Waals surface area contributed by atoms with E-state index in [1.54, 1.807) is 19.4 Å². The summed E-state index contributed by atoms with van der Waals surface area (Å²) in [6.07, 6.45) is 1.73. The second-order valence-corrected chi connectivity index (χ2v) is 2.42. The predicted octanol–water partition coefficient (Wildman–Crippen LogP) is 1.95. The SMILES string of the molecule is COc1ccc([C@@H](C)N)cn1.Cl.Cl. The van der Waals surface area contributed by atoms with E-state index in [9.17, 15) is 0 Å². The van der Waals surface area contributed by atoms with Gasteiger partial charge in [0.1, 0.15) is 0 Å². The Bertz CT molecular complexity index is 226. The van der Waals surface area contributed by atoms with Crippen molar-refractivity contribution in [2.45, 2.75) is 13.0 Å². The number of nitrogens with two attached hydrogens (primary N) is 1. The molecule has 0 fully saturated rings. The number of nitrogens with zero attached hydrogens (tertiary/aromatic N) is 1. The highest BCUT2D eigenvalue weighted by molar-refractivity contribution is 5.85. The van der Waals surface area contributed by atoms with Gasteiger partial charge in [0.25, 0.3) is 0 Å². The number of aromatic nitrogens is 1. The lowest BCUT2D eigenvalue weighted by Crippen LogP contribution is -2.05. The summed E-state index contributed by atoms with van der Waals surface area (Å²) in [6, 6.07) is 3.75. The third-order valence-electron chi connectivity index (χ3n) is 1.49. The zero-order chi connectivity index (χ0) is 8.27. The minimum absolute atomic E-state index is 0. The van der Waals surface area contributed by atoms with Crippen LogP contribution in [0.4, 0.5) is 0 Å². The summed E-state index contributed by atoms with van der Waals surface area (Å²) in [5.74, 6) is 0.620. The lowest BCUT2D eigenvalue weighted by atomic mass is 10.2. The van der Waals surface area contributed by atoms with Crippen LogP contribution in [0.2, 0.25) is 0 Å². The monoisotopic (exact) mass is 224 g/mol. The number of rotatable bonds is 2. The third kappa shape index (κ3) is 4.31. The molecule has 1 aromatic heterocycles. The summed E-state index contributed by atoms with van der Waals surface area (Å²) in [4.78, 5) is 4.02. The smallest absolute Gasteiger partial charge is 0.212 e. The quantitative estimate of drug-likeness (QED) is 0.836. The van der Waals surface area contributed by atoms with Crippen LogP contribution in [0.1, 0.15) is 18.5 Å². The molecule has 0 radical (unpaired) electrons. The summed E-state index contributed by atoms with van der Waals surface area (Å²) in [7, 11) is 1.59. The van der Waals surface area contributed by atoms with E-state index >= 15 is 0 Å². The molecule has 0 spiro atoms. The molecular weight excluding hydrogens is 211 g/mol. The molecule has 2 N–H and O–H groups in total. The first-order valence-electron chi connectivity index (χ1n) is 3.49. The fraction of sp³-hybridized carbons (Fsp3) is 0.375. The van der Waals surface area contributed by atoms with Gasteiger partial charge in [0.2, 0.25) is 5.88 Å². The molecule has 1 aromatic rings. The molecule has 0 saturated heterocycles. The Hall–Kier alpha value is -0.510. The highest BCUT2D eigenvalue weighted by Gasteiger charge is 1.98. The van der Waals surface area contributed by atoms with Gasteiger partial charge in [0, 0.05) is 18.3 Å². The van der Waals surface area contributed by atoms with Crippen LogP contribution in [0, 0.1) is 0 Å². The van der Waals surface area contributed by atoms with Crippen molar-refractivity contribution < 1.29 is 4.74 Å². The molecular formula is C8H14Cl2N2O. The van der Waals surface area contributed by atoms with Crippen molar-refractivity contribution in [3.63, 3.8) is 0 Å². The first-order chi connectivity index (χ1) is 5.24. The van der Waals surface area contributed by atoms with E-state index in [0.29, 0.717) is 5.88 Å². The molecule has 0 aliphatic carbocycles. The summed E-state index contributed by atoms with van der Waals surface area (Å²) in [5, 5.41) is 0. The first kappa shape index (κ1) is 15.0. The first-order valence-corrected chi connectivity index (χ1v) is 3.49. The van der Waals surface area contributed by atoms with Crippen molar-refractivity contribution in [3.05, 3.63) is 23.9 Å². The third-order valence-corrected chi connectivity index (χ3v) is 1.49. The fourth-order valence-electron chi connectivity index (χ4n) is 0.782. The molecule has 1 rings (SSSR count). The van der Waals surface area contributed by atoms with Crippen LogP contribution in [0.3, 0.4) is 0 Å². The largest absolute Gasteiger partial charge is 0.481 e. The Balaban J connectivity index is 0. The lowest BCUT2D eigenvalue weighted by Gasteiger charge is -2.04. The van der Waals surface area contributed by atoms with Crippen LogP contribution in [-0.2, 0) is 0 Å². The second kappa shape index (κ2) is 6.95. The zero-order valence-corrected chi connectivity index (χ0v) is 9.19. The van der Waals surface area contributed by atoms with Crippen molar-refractivity contribution in [1.82, 2.24) is 4.98 Å². The van der Waals surface area contributed by atoms with Crippen LogP contribution in [0.15, 0.2) is 18.3 Å². The molecule has 0 saturated carbocycles. The molecule has 3 nitrogen and oxygen atoms in total.